The van der Waals surface area contributed by atoms with Gasteiger partial charge in [0.15, 0.2) is 8.32 Å². The first-order chi connectivity index (χ1) is 14.5. The summed E-state index contributed by atoms with van der Waals surface area (Å²) in [6.45, 7) is 14.6. The lowest BCUT2D eigenvalue weighted by Crippen LogP contribution is -2.46. The molecule has 1 saturated heterocycles. The van der Waals surface area contributed by atoms with Crippen molar-refractivity contribution in [2.24, 2.45) is 5.92 Å². The highest BCUT2D eigenvalue weighted by atomic mass is 28.4. The summed E-state index contributed by atoms with van der Waals surface area (Å²) in [5.74, 6) is 0.0889. The number of ether oxygens (including phenoxy) is 2. The van der Waals surface area contributed by atoms with Gasteiger partial charge in [0.1, 0.15) is 0 Å². The molecule has 0 aromatic heterocycles. The van der Waals surface area contributed by atoms with E-state index >= 15 is 0 Å². The molecule has 0 radical (unpaired) electrons. The summed E-state index contributed by atoms with van der Waals surface area (Å²) in [6.07, 6.45) is 2.37. The van der Waals surface area contributed by atoms with E-state index in [4.69, 9.17) is 19.0 Å². The van der Waals surface area contributed by atoms with E-state index in [1.165, 1.54) is 0 Å². The van der Waals surface area contributed by atoms with Crippen LogP contribution in [-0.2, 0) is 20.5 Å². The van der Waals surface area contributed by atoms with E-state index in [2.05, 4.69) is 52.9 Å². The zero-order chi connectivity index (χ0) is 23.1. The number of rotatable bonds is 12. The summed E-state index contributed by atoms with van der Waals surface area (Å²) in [7, 11) is -1.94. The fourth-order valence-corrected chi connectivity index (χ4v) is 5.14. The second-order valence-corrected chi connectivity index (χ2v) is 15.4. The Labute approximate surface area is 190 Å². The van der Waals surface area contributed by atoms with E-state index in [1.807, 2.05) is 18.2 Å². The van der Waals surface area contributed by atoms with Crippen LogP contribution in [0.25, 0.3) is 0 Å². The van der Waals surface area contributed by atoms with E-state index in [-0.39, 0.29) is 35.9 Å². The van der Waals surface area contributed by atoms with Gasteiger partial charge >= 0.3 is 0 Å². The van der Waals surface area contributed by atoms with Crippen molar-refractivity contribution in [3.05, 3.63) is 35.9 Å². The van der Waals surface area contributed by atoms with Gasteiger partial charge in [-0.1, -0.05) is 58.0 Å². The lowest BCUT2D eigenvalue weighted by molar-refractivity contribution is -0.0454. The van der Waals surface area contributed by atoms with Crippen LogP contribution in [0.5, 0.6) is 0 Å². The molecule has 5 atom stereocenters. The van der Waals surface area contributed by atoms with Gasteiger partial charge in [-0.25, -0.2) is 0 Å². The highest BCUT2D eigenvalue weighted by Gasteiger charge is 2.45. The molecular weight excluding hydrogens is 408 g/mol. The summed E-state index contributed by atoms with van der Waals surface area (Å²) in [6, 6.07) is 10.2. The molecule has 2 rings (SSSR count). The standard InChI is InChI=1S/C25H44O5Si/c1-19(22(27)13-10-14-26)15-23-24(30-31(5,6)25(2,3)4)16-21(29-23)18-28-17-20-11-8-7-9-12-20/h7-9,11-12,19,21-24,26-27H,10,13-18H2,1-6H3/t19-,21+,22+,23-,24-/m1/s1. The minimum Gasteiger partial charge on any atom is -0.411 e. The molecule has 0 saturated carbocycles. The van der Waals surface area contributed by atoms with E-state index < -0.39 is 14.4 Å². The van der Waals surface area contributed by atoms with Crippen molar-refractivity contribution in [3.8, 4) is 0 Å². The molecule has 1 aliphatic rings. The first kappa shape index (κ1) is 26.5. The maximum Gasteiger partial charge on any atom is 0.192 e. The average molecular weight is 453 g/mol. The second-order valence-electron chi connectivity index (χ2n) is 10.6. The number of hydrogen-bond acceptors (Lipinski definition) is 5. The van der Waals surface area contributed by atoms with E-state index in [1.54, 1.807) is 0 Å². The fourth-order valence-electron chi connectivity index (χ4n) is 3.79. The van der Waals surface area contributed by atoms with Crippen LogP contribution in [0.1, 0.15) is 58.9 Å². The van der Waals surface area contributed by atoms with Crippen molar-refractivity contribution in [1.82, 2.24) is 0 Å². The SMILES string of the molecule is C[C@H](C[C@H]1O[C@H](COCc2ccccc2)C[C@H]1O[Si](C)(C)C(C)(C)C)[C@@H](O)CCCO. The summed E-state index contributed by atoms with van der Waals surface area (Å²) < 4.78 is 19.1. The van der Waals surface area contributed by atoms with Gasteiger partial charge in [0.25, 0.3) is 0 Å². The Bertz CT molecular complexity index is 631. The molecule has 1 fully saturated rings. The van der Waals surface area contributed by atoms with Gasteiger partial charge in [-0.2, -0.15) is 0 Å². The number of hydrogen-bond donors (Lipinski definition) is 2. The minimum absolute atomic E-state index is 0.00488. The Morgan fingerprint density at radius 3 is 2.48 bits per heavy atom. The minimum atomic E-state index is -1.94. The topological polar surface area (TPSA) is 68.2 Å². The molecule has 0 unspecified atom stereocenters. The van der Waals surface area contributed by atoms with E-state index in [0.29, 0.717) is 26.1 Å². The molecule has 0 aliphatic carbocycles. The Kier molecular flexibility index (Phi) is 10.2. The Hall–Kier alpha value is -0.763. The largest absolute Gasteiger partial charge is 0.411 e. The van der Waals surface area contributed by atoms with Crippen molar-refractivity contribution >= 4 is 8.32 Å². The van der Waals surface area contributed by atoms with Crippen molar-refractivity contribution in [3.63, 3.8) is 0 Å². The first-order valence-corrected chi connectivity index (χ1v) is 14.7. The predicted octanol–water partition coefficient (Wildman–Crippen LogP) is 4.91. The van der Waals surface area contributed by atoms with Crippen LogP contribution in [-0.4, -0.2) is 56.2 Å². The molecule has 0 amide bonds. The third-order valence-electron chi connectivity index (χ3n) is 6.86. The zero-order valence-electron chi connectivity index (χ0n) is 20.3. The molecule has 1 heterocycles. The van der Waals surface area contributed by atoms with Gasteiger partial charge in [0.05, 0.1) is 37.6 Å². The molecule has 2 N–H and O–H groups in total. The maximum absolute atomic E-state index is 10.5. The predicted molar refractivity (Wildman–Crippen MR) is 128 cm³/mol. The van der Waals surface area contributed by atoms with Gasteiger partial charge in [0, 0.05) is 13.0 Å². The molecule has 178 valence electrons. The van der Waals surface area contributed by atoms with Crippen molar-refractivity contribution in [1.29, 1.82) is 0 Å². The fraction of sp³-hybridized carbons (Fsp3) is 0.760. The third-order valence-corrected chi connectivity index (χ3v) is 11.4. The molecule has 5 nitrogen and oxygen atoms in total. The van der Waals surface area contributed by atoms with Crippen LogP contribution >= 0.6 is 0 Å². The maximum atomic E-state index is 10.5. The lowest BCUT2D eigenvalue weighted by Gasteiger charge is -2.39. The number of aliphatic hydroxyl groups is 2. The van der Waals surface area contributed by atoms with Crippen molar-refractivity contribution in [2.75, 3.05) is 13.2 Å². The molecular formula is C25H44O5Si. The van der Waals surface area contributed by atoms with Crippen molar-refractivity contribution < 1.29 is 24.1 Å². The molecule has 31 heavy (non-hydrogen) atoms. The van der Waals surface area contributed by atoms with Crippen LogP contribution in [0, 0.1) is 5.92 Å². The highest BCUT2D eigenvalue weighted by Crippen LogP contribution is 2.40. The van der Waals surface area contributed by atoms with Gasteiger partial charge in [-0.05, 0) is 48.9 Å². The molecule has 1 aliphatic heterocycles. The zero-order valence-corrected chi connectivity index (χ0v) is 21.3. The van der Waals surface area contributed by atoms with Gasteiger partial charge in [-0.3, -0.25) is 0 Å². The van der Waals surface area contributed by atoms with Crippen LogP contribution in [0.3, 0.4) is 0 Å². The van der Waals surface area contributed by atoms with Crippen LogP contribution in [0.2, 0.25) is 18.1 Å². The summed E-state index contributed by atoms with van der Waals surface area (Å²) >= 11 is 0. The Morgan fingerprint density at radius 2 is 1.87 bits per heavy atom. The van der Waals surface area contributed by atoms with E-state index in [9.17, 15) is 5.11 Å². The number of benzene rings is 1. The monoisotopic (exact) mass is 452 g/mol. The molecule has 1 aromatic rings. The van der Waals surface area contributed by atoms with Crippen LogP contribution < -0.4 is 0 Å². The molecule has 0 bridgehead atoms. The normalized spacial score (nSPS) is 24.3. The van der Waals surface area contributed by atoms with E-state index in [0.717, 1.165) is 18.4 Å². The summed E-state index contributed by atoms with van der Waals surface area (Å²) in [5, 5.41) is 19.7. The first-order valence-electron chi connectivity index (χ1n) is 11.8. The van der Waals surface area contributed by atoms with Gasteiger partial charge in [-0.15, -0.1) is 0 Å². The lowest BCUT2D eigenvalue weighted by atomic mass is 9.92. The Balaban J connectivity index is 1.98. The molecule has 1 aromatic carbocycles. The average Bonchev–Trinajstić information content (AvgIpc) is 3.06. The highest BCUT2D eigenvalue weighted by molar-refractivity contribution is 6.74. The summed E-state index contributed by atoms with van der Waals surface area (Å²) in [4.78, 5) is 0. The number of aliphatic hydroxyl groups excluding tert-OH is 2. The van der Waals surface area contributed by atoms with Crippen molar-refractivity contribution in [2.45, 2.75) is 103 Å². The second kappa shape index (κ2) is 11.9. The van der Waals surface area contributed by atoms with Gasteiger partial charge < -0.3 is 24.1 Å². The van der Waals surface area contributed by atoms with Crippen LogP contribution in [0.4, 0.5) is 0 Å². The van der Waals surface area contributed by atoms with Gasteiger partial charge in [0.2, 0.25) is 0 Å². The quantitative estimate of drug-likeness (QED) is 0.441. The smallest absolute Gasteiger partial charge is 0.192 e. The molecule has 0 spiro atoms. The summed E-state index contributed by atoms with van der Waals surface area (Å²) in [5.41, 5.74) is 1.16. The van der Waals surface area contributed by atoms with Crippen LogP contribution in [0.15, 0.2) is 30.3 Å². The molecule has 6 heteroatoms. The Morgan fingerprint density at radius 1 is 1.19 bits per heavy atom. The third kappa shape index (κ3) is 8.26.